The van der Waals surface area contributed by atoms with Crippen LogP contribution in [0.25, 0.3) is 0 Å². The van der Waals surface area contributed by atoms with Crippen molar-refractivity contribution in [2.45, 2.75) is 26.7 Å². The largest absolute Gasteiger partial charge is 0.326 e. The first-order valence-electron chi connectivity index (χ1n) is 6.51. The van der Waals surface area contributed by atoms with Gasteiger partial charge in [-0.05, 0) is 50.1 Å². The molecule has 1 aromatic heterocycles. The maximum atomic E-state index is 5.85. The summed E-state index contributed by atoms with van der Waals surface area (Å²) in [5.74, 6) is 1.50. The normalized spacial score (nSPS) is 10.5. The number of rotatable bonds is 4. The van der Waals surface area contributed by atoms with Crippen LogP contribution < -0.4 is 4.90 Å². The lowest BCUT2D eigenvalue weighted by atomic mass is 10.1. The van der Waals surface area contributed by atoms with Gasteiger partial charge >= 0.3 is 0 Å². The van der Waals surface area contributed by atoms with E-state index in [9.17, 15) is 0 Å². The molecule has 2 nitrogen and oxygen atoms in total. The monoisotopic (exact) mass is 274 g/mol. The van der Waals surface area contributed by atoms with Crippen molar-refractivity contribution in [3.05, 3.63) is 53.2 Å². The highest BCUT2D eigenvalue weighted by atomic mass is 35.5. The molecule has 0 atom stereocenters. The van der Waals surface area contributed by atoms with Gasteiger partial charge < -0.3 is 4.90 Å². The molecule has 0 N–H and O–H groups in total. The number of hydrogen-bond donors (Lipinski definition) is 0. The summed E-state index contributed by atoms with van der Waals surface area (Å²) in [4.78, 5) is 6.78. The fourth-order valence-corrected chi connectivity index (χ4v) is 2.31. The van der Waals surface area contributed by atoms with Gasteiger partial charge in [0.1, 0.15) is 5.82 Å². The summed E-state index contributed by atoms with van der Waals surface area (Å²) in [7, 11) is 0. The van der Waals surface area contributed by atoms with Crippen molar-refractivity contribution in [2.75, 3.05) is 11.4 Å². The second-order valence-electron chi connectivity index (χ2n) is 4.70. The predicted molar refractivity (Wildman–Crippen MR) is 82.4 cm³/mol. The summed E-state index contributed by atoms with van der Waals surface area (Å²) in [5.41, 5.74) is 4.65. The van der Waals surface area contributed by atoms with Crippen LogP contribution in [0.5, 0.6) is 0 Å². The van der Waals surface area contributed by atoms with Gasteiger partial charge in [0, 0.05) is 24.3 Å². The minimum Gasteiger partial charge on any atom is -0.326 e. The van der Waals surface area contributed by atoms with Gasteiger partial charge in [-0.15, -0.1) is 11.6 Å². The Kier molecular flexibility index (Phi) is 4.43. The molecule has 0 saturated heterocycles. The Morgan fingerprint density at radius 3 is 2.37 bits per heavy atom. The minimum atomic E-state index is 0.505. The molecule has 2 rings (SSSR count). The van der Waals surface area contributed by atoms with E-state index in [2.05, 4.69) is 61.0 Å². The zero-order chi connectivity index (χ0) is 13.8. The Morgan fingerprint density at radius 1 is 1.16 bits per heavy atom. The number of halogens is 1. The zero-order valence-corrected chi connectivity index (χ0v) is 12.4. The molecular formula is C16H19ClN2. The first-order valence-corrected chi connectivity index (χ1v) is 7.05. The molecule has 3 heteroatoms. The Bertz CT molecular complexity index is 549. The highest BCUT2D eigenvalue weighted by Crippen LogP contribution is 2.27. The number of anilines is 2. The number of aryl methyl sites for hydroxylation is 2. The van der Waals surface area contributed by atoms with Gasteiger partial charge in [0.15, 0.2) is 0 Å². The van der Waals surface area contributed by atoms with E-state index in [0.717, 1.165) is 23.5 Å². The van der Waals surface area contributed by atoms with Crippen LogP contribution in [0.4, 0.5) is 11.5 Å². The number of pyridine rings is 1. The second-order valence-corrected chi connectivity index (χ2v) is 4.96. The third-order valence-electron chi connectivity index (χ3n) is 3.18. The molecule has 0 amide bonds. The SMILES string of the molecule is CCN(c1ccc(C)cc1)c1ncc(CCl)cc1C. The first-order chi connectivity index (χ1) is 9.15. The van der Waals surface area contributed by atoms with Crippen molar-refractivity contribution >= 4 is 23.1 Å². The Morgan fingerprint density at radius 2 is 1.84 bits per heavy atom. The molecule has 0 spiro atoms. The van der Waals surface area contributed by atoms with Gasteiger partial charge in [0.2, 0.25) is 0 Å². The molecule has 0 aliphatic carbocycles. The predicted octanol–water partition coefficient (Wildman–Crippen LogP) is 4.60. The van der Waals surface area contributed by atoms with Crippen LogP contribution >= 0.6 is 11.6 Å². The van der Waals surface area contributed by atoms with Crippen molar-refractivity contribution < 1.29 is 0 Å². The van der Waals surface area contributed by atoms with E-state index >= 15 is 0 Å². The minimum absolute atomic E-state index is 0.505. The molecule has 0 radical (unpaired) electrons. The van der Waals surface area contributed by atoms with Crippen LogP contribution in [0, 0.1) is 13.8 Å². The Balaban J connectivity index is 2.39. The number of aromatic nitrogens is 1. The Hall–Kier alpha value is -1.54. The molecule has 0 unspecified atom stereocenters. The number of benzene rings is 1. The van der Waals surface area contributed by atoms with Crippen LogP contribution in [0.15, 0.2) is 36.5 Å². The molecule has 0 saturated carbocycles. The lowest BCUT2D eigenvalue weighted by molar-refractivity contribution is 0.974. The zero-order valence-electron chi connectivity index (χ0n) is 11.7. The molecule has 0 bridgehead atoms. The average Bonchev–Trinajstić information content (AvgIpc) is 2.43. The van der Waals surface area contributed by atoms with Gasteiger partial charge in [-0.2, -0.15) is 0 Å². The molecule has 19 heavy (non-hydrogen) atoms. The fraction of sp³-hybridized carbons (Fsp3) is 0.312. The summed E-state index contributed by atoms with van der Waals surface area (Å²) in [6.45, 7) is 7.20. The van der Waals surface area contributed by atoms with Gasteiger partial charge in [-0.3, -0.25) is 0 Å². The van der Waals surface area contributed by atoms with Crippen molar-refractivity contribution in [2.24, 2.45) is 0 Å². The molecule has 0 aliphatic heterocycles. The lowest BCUT2D eigenvalue weighted by Gasteiger charge is -2.24. The lowest BCUT2D eigenvalue weighted by Crippen LogP contribution is -2.18. The third kappa shape index (κ3) is 3.07. The van der Waals surface area contributed by atoms with Gasteiger partial charge in [-0.1, -0.05) is 17.7 Å². The van der Waals surface area contributed by atoms with E-state index in [4.69, 9.17) is 11.6 Å². The van der Waals surface area contributed by atoms with Gasteiger partial charge in [0.05, 0.1) is 0 Å². The van der Waals surface area contributed by atoms with Gasteiger partial charge in [0.25, 0.3) is 0 Å². The summed E-state index contributed by atoms with van der Waals surface area (Å²) in [6, 6.07) is 10.6. The molecule has 2 aromatic rings. The number of nitrogens with zero attached hydrogens (tertiary/aromatic N) is 2. The quantitative estimate of drug-likeness (QED) is 0.758. The van der Waals surface area contributed by atoms with Gasteiger partial charge in [-0.25, -0.2) is 4.98 Å². The summed E-state index contributed by atoms with van der Waals surface area (Å²) < 4.78 is 0. The van der Waals surface area contributed by atoms with Crippen LogP contribution in [0.1, 0.15) is 23.6 Å². The highest BCUT2D eigenvalue weighted by Gasteiger charge is 2.11. The van der Waals surface area contributed by atoms with E-state index < -0.39 is 0 Å². The third-order valence-corrected chi connectivity index (χ3v) is 3.49. The standard InChI is InChI=1S/C16H19ClN2/c1-4-19(15-7-5-12(2)6-8-15)16-13(3)9-14(10-17)11-18-16/h5-9,11H,4,10H2,1-3H3. The summed E-state index contributed by atoms with van der Waals surface area (Å²) in [6.07, 6.45) is 1.85. The van der Waals surface area contributed by atoms with Crippen LogP contribution in [-0.4, -0.2) is 11.5 Å². The second kappa shape index (κ2) is 6.07. The van der Waals surface area contributed by atoms with E-state index in [-0.39, 0.29) is 0 Å². The maximum Gasteiger partial charge on any atom is 0.135 e. The number of alkyl halides is 1. The van der Waals surface area contributed by atoms with E-state index in [1.54, 1.807) is 0 Å². The van der Waals surface area contributed by atoms with Crippen LogP contribution in [0.2, 0.25) is 0 Å². The van der Waals surface area contributed by atoms with E-state index in [1.165, 1.54) is 11.3 Å². The average molecular weight is 275 g/mol. The fourth-order valence-electron chi connectivity index (χ4n) is 2.16. The summed E-state index contributed by atoms with van der Waals surface area (Å²) in [5, 5.41) is 0. The highest BCUT2D eigenvalue weighted by molar-refractivity contribution is 6.17. The smallest absolute Gasteiger partial charge is 0.135 e. The molecule has 0 fully saturated rings. The Labute approximate surface area is 120 Å². The van der Waals surface area contributed by atoms with Crippen molar-refractivity contribution in [1.82, 2.24) is 4.98 Å². The molecule has 1 heterocycles. The first kappa shape index (κ1) is 13.9. The molecule has 100 valence electrons. The van der Waals surface area contributed by atoms with Crippen molar-refractivity contribution in [3.63, 3.8) is 0 Å². The molecule has 1 aromatic carbocycles. The van der Waals surface area contributed by atoms with E-state index in [1.807, 2.05) is 6.20 Å². The summed E-state index contributed by atoms with van der Waals surface area (Å²) >= 11 is 5.85. The van der Waals surface area contributed by atoms with Crippen LogP contribution in [-0.2, 0) is 5.88 Å². The number of hydrogen-bond acceptors (Lipinski definition) is 2. The van der Waals surface area contributed by atoms with Crippen molar-refractivity contribution in [1.29, 1.82) is 0 Å². The maximum absolute atomic E-state index is 5.85. The topological polar surface area (TPSA) is 16.1 Å². The van der Waals surface area contributed by atoms with Crippen LogP contribution in [0.3, 0.4) is 0 Å². The van der Waals surface area contributed by atoms with E-state index in [0.29, 0.717) is 5.88 Å². The molecular weight excluding hydrogens is 256 g/mol. The molecule has 0 aliphatic rings. The van der Waals surface area contributed by atoms with Crippen molar-refractivity contribution in [3.8, 4) is 0 Å².